The van der Waals surface area contributed by atoms with Gasteiger partial charge in [-0.2, -0.15) is 0 Å². The van der Waals surface area contributed by atoms with Crippen LogP contribution in [0, 0.1) is 0 Å². The highest BCUT2D eigenvalue weighted by Gasteiger charge is 2.31. The van der Waals surface area contributed by atoms with Crippen LogP contribution in [0.4, 0.5) is 8.78 Å². The number of alkyl halides is 2. The van der Waals surface area contributed by atoms with Gasteiger partial charge in [0.15, 0.2) is 0 Å². The summed E-state index contributed by atoms with van der Waals surface area (Å²) in [6.45, 7) is 2.98. The van der Waals surface area contributed by atoms with E-state index in [9.17, 15) is 8.78 Å². The van der Waals surface area contributed by atoms with Crippen molar-refractivity contribution in [1.29, 1.82) is 0 Å². The van der Waals surface area contributed by atoms with E-state index >= 15 is 0 Å². The van der Waals surface area contributed by atoms with Crippen LogP contribution < -0.4 is 5.73 Å². The smallest absolute Gasteiger partial charge is 0.272 e. The van der Waals surface area contributed by atoms with Crippen LogP contribution in [-0.2, 0) is 5.92 Å². The van der Waals surface area contributed by atoms with E-state index in [0.717, 1.165) is 6.92 Å². The van der Waals surface area contributed by atoms with Crippen molar-refractivity contribution >= 4 is 11.6 Å². The summed E-state index contributed by atoms with van der Waals surface area (Å²) in [5.41, 5.74) is 5.90. The summed E-state index contributed by atoms with van der Waals surface area (Å²) in [7, 11) is 0. The minimum Gasteiger partial charge on any atom is -0.330 e. The molecule has 0 bridgehead atoms. The number of rotatable bonds is 3. The third-order valence-corrected chi connectivity index (χ3v) is 2.68. The minimum atomic E-state index is -2.93. The van der Waals surface area contributed by atoms with Crippen molar-refractivity contribution in [2.24, 2.45) is 5.73 Å². The molecule has 1 rings (SSSR count). The number of benzene rings is 1. The summed E-state index contributed by atoms with van der Waals surface area (Å²) in [6, 6.07) is 4.79. The molecule has 0 aromatic heterocycles. The molecule has 1 aromatic carbocycles. The van der Waals surface area contributed by atoms with Gasteiger partial charge in [0.2, 0.25) is 0 Å². The molecule has 0 aliphatic carbocycles. The fourth-order valence-electron chi connectivity index (χ4n) is 1.54. The van der Waals surface area contributed by atoms with Gasteiger partial charge < -0.3 is 5.73 Å². The van der Waals surface area contributed by atoms with Crippen LogP contribution in [0.15, 0.2) is 18.2 Å². The molecule has 0 heterocycles. The maximum Gasteiger partial charge on any atom is 0.272 e. The zero-order chi connectivity index (χ0) is 11.6. The number of nitrogens with two attached hydrogens (primary N) is 1. The normalized spacial score (nSPS) is 14.0. The minimum absolute atomic E-state index is 0.0975. The third-order valence-electron chi connectivity index (χ3n) is 2.37. The molecular formula is C11H14ClF2N. The molecule has 0 radical (unpaired) electrons. The monoisotopic (exact) mass is 233 g/mol. The third kappa shape index (κ3) is 2.67. The van der Waals surface area contributed by atoms with Gasteiger partial charge in [-0.3, -0.25) is 0 Å². The lowest BCUT2D eigenvalue weighted by Crippen LogP contribution is -2.17. The van der Waals surface area contributed by atoms with Gasteiger partial charge in [0.05, 0.1) is 5.02 Å². The van der Waals surface area contributed by atoms with Crippen LogP contribution in [0.5, 0.6) is 0 Å². The molecule has 0 spiro atoms. The Balaban J connectivity index is 3.33. The Kier molecular flexibility index (Phi) is 3.68. The molecule has 84 valence electrons. The van der Waals surface area contributed by atoms with Gasteiger partial charge in [0.25, 0.3) is 5.92 Å². The molecule has 1 aromatic rings. The molecule has 0 fully saturated rings. The van der Waals surface area contributed by atoms with Crippen molar-refractivity contribution < 1.29 is 8.78 Å². The molecule has 15 heavy (non-hydrogen) atoms. The summed E-state index contributed by atoms with van der Waals surface area (Å²) in [5, 5.41) is 0.0975. The number of hydrogen-bond donors (Lipinski definition) is 1. The van der Waals surface area contributed by atoms with Crippen LogP contribution in [-0.4, -0.2) is 6.54 Å². The van der Waals surface area contributed by atoms with Crippen LogP contribution in [0.25, 0.3) is 0 Å². The van der Waals surface area contributed by atoms with Gasteiger partial charge in [-0.25, -0.2) is 8.78 Å². The van der Waals surface area contributed by atoms with Crippen molar-refractivity contribution in [3.05, 3.63) is 34.3 Å². The second-order valence-corrected chi connectivity index (χ2v) is 4.14. The fraction of sp³-hybridized carbons (Fsp3) is 0.455. The van der Waals surface area contributed by atoms with Gasteiger partial charge in [-0.1, -0.05) is 30.7 Å². The Labute approximate surface area is 93.2 Å². The maximum atomic E-state index is 13.3. The topological polar surface area (TPSA) is 26.0 Å². The first-order valence-corrected chi connectivity index (χ1v) is 5.12. The van der Waals surface area contributed by atoms with E-state index in [2.05, 4.69) is 0 Å². The molecule has 0 aliphatic heterocycles. The maximum absolute atomic E-state index is 13.3. The van der Waals surface area contributed by atoms with Crippen molar-refractivity contribution in [1.82, 2.24) is 0 Å². The Morgan fingerprint density at radius 2 is 2.07 bits per heavy atom. The van der Waals surface area contributed by atoms with Crippen LogP contribution >= 0.6 is 11.6 Å². The summed E-state index contributed by atoms with van der Waals surface area (Å²) in [6.07, 6.45) is 0. The van der Waals surface area contributed by atoms with Gasteiger partial charge >= 0.3 is 0 Å². The average molecular weight is 234 g/mol. The molecule has 0 aliphatic rings. The predicted octanol–water partition coefficient (Wildman–Crippen LogP) is 3.51. The van der Waals surface area contributed by atoms with Crippen molar-refractivity contribution in [3.63, 3.8) is 0 Å². The Morgan fingerprint density at radius 3 is 2.53 bits per heavy atom. The first kappa shape index (κ1) is 12.4. The zero-order valence-corrected chi connectivity index (χ0v) is 9.48. The van der Waals surface area contributed by atoms with E-state index in [1.807, 2.05) is 0 Å². The summed E-state index contributed by atoms with van der Waals surface area (Å²) >= 11 is 5.79. The number of halogens is 3. The van der Waals surface area contributed by atoms with Gasteiger partial charge in [0.1, 0.15) is 0 Å². The standard InChI is InChI=1S/C11H14ClF2N/c1-7(6-15)8-4-3-5-9(12)10(8)11(2,13)14/h3-5,7H,6,15H2,1-2H3. The Morgan fingerprint density at radius 1 is 1.47 bits per heavy atom. The first-order valence-electron chi connectivity index (χ1n) is 4.74. The molecule has 2 N–H and O–H groups in total. The van der Waals surface area contributed by atoms with Gasteiger partial charge in [0, 0.05) is 12.5 Å². The van der Waals surface area contributed by atoms with Gasteiger partial charge in [-0.15, -0.1) is 0 Å². The fourth-order valence-corrected chi connectivity index (χ4v) is 1.89. The Bertz CT molecular complexity index is 347. The molecule has 1 nitrogen and oxygen atoms in total. The van der Waals surface area contributed by atoms with E-state index in [-0.39, 0.29) is 16.5 Å². The van der Waals surface area contributed by atoms with E-state index in [4.69, 9.17) is 17.3 Å². The lowest BCUT2D eigenvalue weighted by atomic mass is 9.93. The van der Waals surface area contributed by atoms with E-state index < -0.39 is 5.92 Å². The highest BCUT2D eigenvalue weighted by molar-refractivity contribution is 6.31. The molecular weight excluding hydrogens is 220 g/mol. The second kappa shape index (κ2) is 4.45. The first-order chi connectivity index (χ1) is 6.88. The molecule has 1 unspecified atom stereocenters. The highest BCUT2D eigenvalue weighted by Crippen LogP contribution is 2.38. The average Bonchev–Trinajstić information content (AvgIpc) is 2.14. The highest BCUT2D eigenvalue weighted by atomic mass is 35.5. The van der Waals surface area contributed by atoms with Crippen LogP contribution in [0.2, 0.25) is 5.02 Å². The Hall–Kier alpha value is -0.670. The zero-order valence-electron chi connectivity index (χ0n) is 8.73. The summed E-state index contributed by atoms with van der Waals surface area (Å²) < 4.78 is 26.7. The van der Waals surface area contributed by atoms with Crippen molar-refractivity contribution in [2.45, 2.75) is 25.7 Å². The molecule has 4 heteroatoms. The molecule has 0 saturated heterocycles. The van der Waals surface area contributed by atoms with Crippen molar-refractivity contribution in [2.75, 3.05) is 6.54 Å². The lowest BCUT2D eigenvalue weighted by Gasteiger charge is -2.20. The second-order valence-electron chi connectivity index (χ2n) is 3.73. The van der Waals surface area contributed by atoms with E-state index in [1.165, 1.54) is 6.07 Å². The van der Waals surface area contributed by atoms with E-state index in [1.54, 1.807) is 19.1 Å². The largest absolute Gasteiger partial charge is 0.330 e. The van der Waals surface area contributed by atoms with E-state index in [0.29, 0.717) is 12.1 Å². The predicted molar refractivity (Wildman–Crippen MR) is 58.5 cm³/mol. The summed E-state index contributed by atoms with van der Waals surface area (Å²) in [5.74, 6) is -3.05. The number of hydrogen-bond acceptors (Lipinski definition) is 1. The van der Waals surface area contributed by atoms with Crippen LogP contribution in [0.1, 0.15) is 30.9 Å². The van der Waals surface area contributed by atoms with Crippen LogP contribution in [0.3, 0.4) is 0 Å². The lowest BCUT2D eigenvalue weighted by molar-refractivity contribution is 0.0164. The molecule has 0 saturated carbocycles. The van der Waals surface area contributed by atoms with Crippen molar-refractivity contribution in [3.8, 4) is 0 Å². The molecule has 1 atom stereocenters. The SMILES string of the molecule is CC(CN)c1cccc(Cl)c1C(C)(F)F. The summed E-state index contributed by atoms with van der Waals surface area (Å²) in [4.78, 5) is 0. The molecule has 0 amide bonds. The quantitative estimate of drug-likeness (QED) is 0.850. The van der Waals surface area contributed by atoms with Gasteiger partial charge in [-0.05, 0) is 24.1 Å².